The van der Waals surface area contributed by atoms with Gasteiger partial charge in [-0.3, -0.25) is 4.79 Å². The average Bonchev–Trinajstić information content (AvgIpc) is 2.83. The Bertz CT molecular complexity index is 585. The number of carbonyl (C=O) groups is 1. The summed E-state index contributed by atoms with van der Waals surface area (Å²) in [6.07, 6.45) is 5.03. The number of hydrogen-bond donors (Lipinski definition) is 0. The third-order valence-corrected chi connectivity index (χ3v) is 5.03. The molecular formula is C20H27NO. The van der Waals surface area contributed by atoms with Gasteiger partial charge in [0.2, 0.25) is 0 Å². The van der Waals surface area contributed by atoms with Gasteiger partial charge < -0.3 is 4.90 Å². The van der Waals surface area contributed by atoms with E-state index < -0.39 is 0 Å². The molecule has 1 aromatic carbocycles. The molecule has 3 rings (SSSR count). The van der Waals surface area contributed by atoms with Crippen LogP contribution in [0.4, 0.5) is 0 Å². The normalized spacial score (nSPS) is 23.9. The molecule has 1 aliphatic carbocycles. The van der Waals surface area contributed by atoms with E-state index in [0.717, 1.165) is 25.0 Å². The van der Waals surface area contributed by atoms with Gasteiger partial charge in [-0.25, -0.2) is 0 Å². The number of hydrogen-bond acceptors (Lipinski definition) is 2. The highest BCUT2D eigenvalue weighted by Gasteiger charge is 2.42. The first kappa shape index (κ1) is 15.3. The maximum Gasteiger partial charge on any atom is 0.161 e. The standard InChI is InChI=1S/C20H27NO/c1-4-5-11-21-17(15-9-7-6-8-10-15)12-16-18(21)13-20(2,3)14-19(16)22/h6-10,17H,4-5,11-14H2,1-3H3. The van der Waals surface area contributed by atoms with Gasteiger partial charge in [-0.1, -0.05) is 57.5 Å². The molecule has 118 valence electrons. The first-order chi connectivity index (χ1) is 10.5. The number of Topliss-reactive ketones (excluding diaryl/α,β-unsaturated/α-hetero) is 1. The Morgan fingerprint density at radius 3 is 2.59 bits per heavy atom. The average molecular weight is 297 g/mol. The van der Waals surface area contributed by atoms with Gasteiger partial charge in [0.05, 0.1) is 6.04 Å². The Kier molecular flexibility index (Phi) is 4.12. The van der Waals surface area contributed by atoms with Crippen molar-refractivity contribution in [3.05, 3.63) is 47.2 Å². The first-order valence-corrected chi connectivity index (χ1v) is 8.58. The van der Waals surface area contributed by atoms with E-state index in [9.17, 15) is 4.79 Å². The lowest BCUT2D eigenvalue weighted by Crippen LogP contribution is -2.30. The summed E-state index contributed by atoms with van der Waals surface area (Å²) < 4.78 is 0. The molecule has 22 heavy (non-hydrogen) atoms. The highest BCUT2D eigenvalue weighted by Crippen LogP contribution is 2.48. The lowest BCUT2D eigenvalue weighted by atomic mass is 9.76. The van der Waals surface area contributed by atoms with Gasteiger partial charge in [0, 0.05) is 30.7 Å². The molecule has 2 nitrogen and oxygen atoms in total. The van der Waals surface area contributed by atoms with Crippen molar-refractivity contribution < 1.29 is 4.79 Å². The summed E-state index contributed by atoms with van der Waals surface area (Å²) in [5, 5.41) is 0. The van der Waals surface area contributed by atoms with E-state index in [1.54, 1.807) is 0 Å². The van der Waals surface area contributed by atoms with Crippen molar-refractivity contribution in [2.75, 3.05) is 6.54 Å². The third-order valence-electron chi connectivity index (χ3n) is 5.03. The molecule has 0 amide bonds. The Hall–Kier alpha value is -1.57. The van der Waals surface area contributed by atoms with Crippen LogP contribution in [0.15, 0.2) is 41.6 Å². The monoisotopic (exact) mass is 297 g/mol. The maximum absolute atomic E-state index is 12.6. The Labute approximate surface area is 134 Å². The molecule has 1 heterocycles. The number of benzene rings is 1. The predicted octanol–water partition coefficient (Wildman–Crippen LogP) is 4.88. The highest BCUT2D eigenvalue weighted by atomic mass is 16.1. The van der Waals surface area contributed by atoms with Crippen molar-refractivity contribution in [3.63, 3.8) is 0 Å². The summed E-state index contributed by atoms with van der Waals surface area (Å²) >= 11 is 0. The fourth-order valence-electron chi connectivity index (χ4n) is 3.92. The number of rotatable bonds is 4. The van der Waals surface area contributed by atoms with Gasteiger partial charge >= 0.3 is 0 Å². The molecule has 2 heteroatoms. The largest absolute Gasteiger partial charge is 0.367 e. The zero-order valence-corrected chi connectivity index (χ0v) is 14.1. The summed E-state index contributed by atoms with van der Waals surface area (Å²) in [7, 11) is 0. The van der Waals surface area contributed by atoms with Crippen LogP contribution in [-0.4, -0.2) is 17.2 Å². The van der Waals surface area contributed by atoms with E-state index >= 15 is 0 Å². The summed E-state index contributed by atoms with van der Waals surface area (Å²) in [4.78, 5) is 15.1. The Morgan fingerprint density at radius 2 is 1.91 bits per heavy atom. The van der Waals surface area contributed by atoms with Crippen molar-refractivity contribution in [2.24, 2.45) is 5.41 Å². The van der Waals surface area contributed by atoms with E-state index in [1.807, 2.05) is 0 Å². The summed E-state index contributed by atoms with van der Waals surface area (Å²) in [5.74, 6) is 0.381. The van der Waals surface area contributed by atoms with E-state index in [2.05, 4.69) is 56.0 Å². The topological polar surface area (TPSA) is 20.3 Å². The number of ketones is 1. The lowest BCUT2D eigenvalue weighted by Gasteiger charge is -2.36. The number of nitrogens with zero attached hydrogens (tertiary/aromatic N) is 1. The van der Waals surface area contributed by atoms with Crippen molar-refractivity contribution in [2.45, 2.75) is 58.9 Å². The van der Waals surface area contributed by atoms with Crippen LogP contribution in [0.25, 0.3) is 0 Å². The molecule has 0 bridgehead atoms. The molecule has 1 unspecified atom stereocenters. The second-order valence-electron chi connectivity index (χ2n) is 7.54. The molecule has 0 saturated carbocycles. The van der Waals surface area contributed by atoms with Gasteiger partial charge in [-0.15, -0.1) is 0 Å². The van der Waals surface area contributed by atoms with Gasteiger partial charge in [-0.2, -0.15) is 0 Å². The Morgan fingerprint density at radius 1 is 1.18 bits per heavy atom. The number of unbranched alkanes of at least 4 members (excludes halogenated alkanes) is 1. The van der Waals surface area contributed by atoms with Crippen LogP contribution < -0.4 is 0 Å². The van der Waals surface area contributed by atoms with Crippen LogP contribution in [0.2, 0.25) is 0 Å². The molecule has 1 atom stereocenters. The van der Waals surface area contributed by atoms with Gasteiger partial charge in [0.25, 0.3) is 0 Å². The minimum absolute atomic E-state index is 0.103. The first-order valence-electron chi connectivity index (χ1n) is 8.58. The van der Waals surface area contributed by atoms with Gasteiger partial charge in [-0.05, 0) is 23.8 Å². The zero-order valence-electron chi connectivity index (χ0n) is 14.1. The highest BCUT2D eigenvalue weighted by molar-refractivity contribution is 5.98. The molecule has 0 radical (unpaired) electrons. The van der Waals surface area contributed by atoms with Crippen LogP contribution in [0.3, 0.4) is 0 Å². The zero-order chi connectivity index (χ0) is 15.7. The second kappa shape index (κ2) is 5.91. The lowest BCUT2D eigenvalue weighted by molar-refractivity contribution is -0.118. The minimum Gasteiger partial charge on any atom is -0.367 e. The molecule has 1 aliphatic heterocycles. The Balaban J connectivity index is 1.94. The molecule has 0 saturated heterocycles. The number of carbonyl (C=O) groups excluding carboxylic acids is 1. The van der Waals surface area contributed by atoms with Crippen molar-refractivity contribution in [1.29, 1.82) is 0 Å². The van der Waals surface area contributed by atoms with Crippen molar-refractivity contribution in [1.82, 2.24) is 4.90 Å². The second-order valence-corrected chi connectivity index (χ2v) is 7.54. The molecule has 0 aromatic heterocycles. The molecule has 0 N–H and O–H groups in total. The summed E-state index contributed by atoms with van der Waals surface area (Å²) in [5.41, 5.74) is 3.90. The molecule has 1 aromatic rings. The summed E-state index contributed by atoms with van der Waals surface area (Å²) in [6.45, 7) is 7.75. The molecule has 0 spiro atoms. The maximum atomic E-state index is 12.6. The number of allylic oxidation sites excluding steroid dienone is 1. The predicted molar refractivity (Wildman–Crippen MR) is 90.5 cm³/mol. The third kappa shape index (κ3) is 2.84. The molecule has 2 aliphatic rings. The van der Waals surface area contributed by atoms with Crippen molar-refractivity contribution >= 4 is 5.78 Å². The van der Waals surface area contributed by atoms with E-state index in [-0.39, 0.29) is 5.41 Å². The minimum atomic E-state index is 0.103. The quantitative estimate of drug-likeness (QED) is 0.789. The van der Waals surface area contributed by atoms with Crippen LogP contribution >= 0.6 is 0 Å². The van der Waals surface area contributed by atoms with Gasteiger partial charge in [0.1, 0.15) is 0 Å². The van der Waals surface area contributed by atoms with Crippen LogP contribution in [0, 0.1) is 5.41 Å². The van der Waals surface area contributed by atoms with E-state index in [0.29, 0.717) is 18.2 Å². The van der Waals surface area contributed by atoms with E-state index in [1.165, 1.54) is 24.1 Å². The smallest absolute Gasteiger partial charge is 0.161 e. The van der Waals surface area contributed by atoms with E-state index in [4.69, 9.17) is 0 Å². The van der Waals surface area contributed by atoms with Gasteiger partial charge in [0.15, 0.2) is 5.78 Å². The summed E-state index contributed by atoms with van der Waals surface area (Å²) in [6, 6.07) is 11.1. The van der Waals surface area contributed by atoms with Crippen LogP contribution in [0.1, 0.15) is 64.5 Å². The molecule has 0 fully saturated rings. The van der Waals surface area contributed by atoms with Crippen LogP contribution in [-0.2, 0) is 4.79 Å². The SMILES string of the molecule is CCCCN1C2=C(CC1c1ccccc1)C(=O)CC(C)(C)C2. The molecular weight excluding hydrogens is 270 g/mol. The van der Waals surface area contributed by atoms with Crippen LogP contribution in [0.5, 0.6) is 0 Å². The van der Waals surface area contributed by atoms with Crippen molar-refractivity contribution in [3.8, 4) is 0 Å². The fourth-order valence-corrected chi connectivity index (χ4v) is 3.92. The fraction of sp³-hybridized carbons (Fsp3) is 0.550.